The van der Waals surface area contributed by atoms with Crippen LogP contribution in [-0.2, 0) is 11.3 Å². The molecule has 1 aromatic rings. The van der Waals surface area contributed by atoms with Crippen LogP contribution in [0.15, 0.2) is 18.3 Å². The SMILES string of the molecule is NCCN1CCC(C(=O)NCc2ncccc2F)C1. The van der Waals surface area contributed by atoms with E-state index in [0.717, 1.165) is 26.1 Å². The molecule has 1 saturated heterocycles. The lowest BCUT2D eigenvalue weighted by Crippen LogP contribution is -2.34. The van der Waals surface area contributed by atoms with E-state index in [1.807, 2.05) is 0 Å². The van der Waals surface area contributed by atoms with Gasteiger partial charge in [-0.15, -0.1) is 0 Å². The van der Waals surface area contributed by atoms with Crippen LogP contribution < -0.4 is 11.1 Å². The third kappa shape index (κ3) is 3.71. The summed E-state index contributed by atoms with van der Waals surface area (Å²) in [6.07, 6.45) is 2.35. The number of nitrogens with zero attached hydrogens (tertiary/aromatic N) is 2. The van der Waals surface area contributed by atoms with Crippen LogP contribution in [0, 0.1) is 11.7 Å². The minimum atomic E-state index is -0.390. The van der Waals surface area contributed by atoms with E-state index in [1.165, 1.54) is 18.3 Å². The van der Waals surface area contributed by atoms with Gasteiger partial charge in [-0.25, -0.2) is 4.39 Å². The molecule has 1 amide bonds. The van der Waals surface area contributed by atoms with Gasteiger partial charge in [-0.1, -0.05) is 0 Å². The van der Waals surface area contributed by atoms with Gasteiger partial charge in [-0.3, -0.25) is 9.78 Å². The Hall–Kier alpha value is -1.53. The fourth-order valence-corrected chi connectivity index (χ4v) is 2.30. The normalized spacial score (nSPS) is 19.6. The lowest BCUT2D eigenvalue weighted by Gasteiger charge is -2.14. The van der Waals surface area contributed by atoms with Crippen molar-refractivity contribution in [1.82, 2.24) is 15.2 Å². The van der Waals surface area contributed by atoms with Crippen LogP contribution in [-0.4, -0.2) is 42.0 Å². The van der Waals surface area contributed by atoms with E-state index in [4.69, 9.17) is 5.73 Å². The van der Waals surface area contributed by atoms with E-state index in [9.17, 15) is 9.18 Å². The molecule has 1 aliphatic rings. The summed E-state index contributed by atoms with van der Waals surface area (Å²) in [6.45, 7) is 3.19. The average Bonchev–Trinajstić information content (AvgIpc) is 2.87. The summed E-state index contributed by atoms with van der Waals surface area (Å²) in [5.41, 5.74) is 5.76. The van der Waals surface area contributed by atoms with Crippen molar-refractivity contribution in [1.29, 1.82) is 0 Å². The zero-order chi connectivity index (χ0) is 13.7. The fraction of sp³-hybridized carbons (Fsp3) is 0.538. The number of nitrogens with one attached hydrogen (secondary N) is 1. The Morgan fingerprint density at radius 1 is 1.63 bits per heavy atom. The summed E-state index contributed by atoms with van der Waals surface area (Å²) < 4.78 is 13.3. The monoisotopic (exact) mass is 266 g/mol. The highest BCUT2D eigenvalue weighted by Crippen LogP contribution is 2.15. The first-order valence-corrected chi connectivity index (χ1v) is 6.50. The molecule has 0 saturated carbocycles. The van der Waals surface area contributed by atoms with E-state index in [0.29, 0.717) is 6.54 Å². The van der Waals surface area contributed by atoms with Gasteiger partial charge in [-0.05, 0) is 25.1 Å². The van der Waals surface area contributed by atoms with Crippen molar-refractivity contribution in [3.8, 4) is 0 Å². The number of pyridine rings is 1. The summed E-state index contributed by atoms with van der Waals surface area (Å²) in [4.78, 5) is 18.0. The van der Waals surface area contributed by atoms with Crippen LogP contribution in [0.25, 0.3) is 0 Å². The second-order valence-electron chi connectivity index (χ2n) is 4.72. The predicted molar refractivity (Wildman–Crippen MR) is 69.6 cm³/mol. The van der Waals surface area contributed by atoms with Crippen molar-refractivity contribution in [2.75, 3.05) is 26.2 Å². The maximum atomic E-state index is 13.3. The molecule has 6 heteroatoms. The summed E-state index contributed by atoms with van der Waals surface area (Å²) in [6, 6.07) is 2.87. The second-order valence-corrected chi connectivity index (χ2v) is 4.72. The van der Waals surface area contributed by atoms with Crippen LogP contribution in [0.1, 0.15) is 12.1 Å². The van der Waals surface area contributed by atoms with Gasteiger partial charge in [-0.2, -0.15) is 0 Å². The zero-order valence-electron chi connectivity index (χ0n) is 10.8. The summed E-state index contributed by atoms with van der Waals surface area (Å²) >= 11 is 0. The van der Waals surface area contributed by atoms with Crippen molar-refractivity contribution < 1.29 is 9.18 Å². The van der Waals surface area contributed by atoms with Crippen molar-refractivity contribution in [2.45, 2.75) is 13.0 Å². The van der Waals surface area contributed by atoms with Gasteiger partial charge in [0.25, 0.3) is 0 Å². The quantitative estimate of drug-likeness (QED) is 0.794. The number of hydrogen-bond acceptors (Lipinski definition) is 4. The molecule has 0 aromatic carbocycles. The molecule has 1 unspecified atom stereocenters. The van der Waals surface area contributed by atoms with E-state index in [2.05, 4.69) is 15.2 Å². The molecule has 0 radical (unpaired) electrons. The molecule has 0 spiro atoms. The number of amides is 1. The highest BCUT2D eigenvalue weighted by Gasteiger charge is 2.27. The van der Waals surface area contributed by atoms with Gasteiger partial charge in [0.1, 0.15) is 5.82 Å². The van der Waals surface area contributed by atoms with E-state index in [1.54, 1.807) is 0 Å². The molecule has 3 N–H and O–H groups in total. The standard InChI is InChI=1S/C13H19FN4O/c14-11-2-1-5-16-12(11)8-17-13(19)10-3-6-18(9-10)7-4-15/h1-2,5,10H,3-4,6-9,15H2,(H,17,19). The van der Waals surface area contributed by atoms with Crippen molar-refractivity contribution in [3.63, 3.8) is 0 Å². The van der Waals surface area contributed by atoms with Gasteiger partial charge in [0.2, 0.25) is 5.91 Å². The van der Waals surface area contributed by atoms with Crippen molar-refractivity contribution in [2.24, 2.45) is 11.7 Å². The molecule has 104 valence electrons. The minimum Gasteiger partial charge on any atom is -0.350 e. The Kier molecular flexibility index (Phi) is 4.81. The largest absolute Gasteiger partial charge is 0.350 e. The number of hydrogen-bond donors (Lipinski definition) is 2. The molecule has 1 aromatic heterocycles. The van der Waals surface area contributed by atoms with Crippen molar-refractivity contribution >= 4 is 5.91 Å². The Morgan fingerprint density at radius 2 is 2.47 bits per heavy atom. The molecule has 0 bridgehead atoms. The molecule has 19 heavy (non-hydrogen) atoms. The molecule has 1 fully saturated rings. The maximum Gasteiger partial charge on any atom is 0.224 e. The number of likely N-dealkylation sites (tertiary alicyclic amines) is 1. The number of carbonyl (C=O) groups is 1. The smallest absolute Gasteiger partial charge is 0.224 e. The van der Waals surface area contributed by atoms with Gasteiger partial charge in [0.05, 0.1) is 18.2 Å². The molecule has 1 atom stereocenters. The van der Waals surface area contributed by atoms with Crippen LogP contribution >= 0.6 is 0 Å². The topological polar surface area (TPSA) is 71.2 Å². The van der Waals surface area contributed by atoms with Gasteiger partial charge in [0, 0.05) is 25.8 Å². The summed E-state index contributed by atoms with van der Waals surface area (Å²) in [5, 5.41) is 2.75. The first-order chi connectivity index (χ1) is 9.20. The first-order valence-electron chi connectivity index (χ1n) is 6.50. The van der Waals surface area contributed by atoms with Gasteiger partial charge in [0.15, 0.2) is 0 Å². The van der Waals surface area contributed by atoms with Crippen LogP contribution in [0.4, 0.5) is 4.39 Å². The lowest BCUT2D eigenvalue weighted by atomic mass is 10.1. The number of halogens is 1. The van der Waals surface area contributed by atoms with Crippen LogP contribution in [0.2, 0.25) is 0 Å². The summed E-state index contributed by atoms with van der Waals surface area (Å²) in [5.74, 6) is -0.457. The van der Waals surface area contributed by atoms with Gasteiger partial charge < -0.3 is 16.0 Å². The van der Waals surface area contributed by atoms with Crippen LogP contribution in [0.3, 0.4) is 0 Å². The minimum absolute atomic E-state index is 0.0293. The Bertz CT molecular complexity index is 440. The molecular formula is C13H19FN4O. The predicted octanol–water partition coefficient (Wildman–Crippen LogP) is 0.118. The number of nitrogens with two attached hydrogens (primary N) is 1. The molecule has 0 aliphatic carbocycles. The highest BCUT2D eigenvalue weighted by atomic mass is 19.1. The molecule has 5 nitrogen and oxygen atoms in total. The maximum absolute atomic E-state index is 13.3. The van der Waals surface area contributed by atoms with Gasteiger partial charge >= 0.3 is 0 Å². The number of aromatic nitrogens is 1. The number of rotatable bonds is 5. The second kappa shape index (κ2) is 6.58. The molecule has 1 aliphatic heterocycles. The third-order valence-corrected chi connectivity index (χ3v) is 3.35. The van der Waals surface area contributed by atoms with E-state index < -0.39 is 0 Å². The highest BCUT2D eigenvalue weighted by molar-refractivity contribution is 5.79. The van der Waals surface area contributed by atoms with Crippen molar-refractivity contribution in [3.05, 3.63) is 29.8 Å². The Morgan fingerprint density at radius 3 is 3.21 bits per heavy atom. The van der Waals surface area contributed by atoms with Crippen LogP contribution in [0.5, 0.6) is 0 Å². The molecule has 2 heterocycles. The fourth-order valence-electron chi connectivity index (χ4n) is 2.30. The summed E-state index contributed by atoms with van der Waals surface area (Å²) in [7, 11) is 0. The third-order valence-electron chi connectivity index (χ3n) is 3.35. The molecular weight excluding hydrogens is 247 g/mol. The van der Waals surface area contributed by atoms with E-state index >= 15 is 0 Å². The lowest BCUT2D eigenvalue weighted by molar-refractivity contribution is -0.124. The first kappa shape index (κ1) is 13.9. The Labute approximate surface area is 112 Å². The molecule has 2 rings (SSSR count). The average molecular weight is 266 g/mol. The van der Waals surface area contributed by atoms with E-state index in [-0.39, 0.29) is 29.9 Å². The Balaban J connectivity index is 1.81. The zero-order valence-corrected chi connectivity index (χ0v) is 10.8. The number of carbonyl (C=O) groups excluding carboxylic acids is 1.